The van der Waals surface area contributed by atoms with Gasteiger partial charge in [0.05, 0.1) is 17.2 Å². The Morgan fingerprint density at radius 2 is 1.84 bits per heavy atom. The molecule has 2 N–H and O–H groups in total. The average molecular weight is 435 g/mol. The third-order valence-electron chi connectivity index (χ3n) is 6.27. The van der Waals surface area contributed by atoms with Gasteiger partial charge in [-0.2, -0.15) is 0 Å². The molecule has 0 radical (unpaired) electrons. The number of pyridine rings is 1. The fourth-order valence-electron chi connectivity index (χ4n) is 4.24. The summed E-state index contributed by atoms with van der Waals surface area (Å²) in [6, 6.07) is 7.28. The Morgan fingerprint density at radius 3 is 2.45 bits per heavy atom. The lowest BCUT2D eigenvalue weighted by Gasteiger charge is -2.41. The first-order valence-corrected chi connectivity index (χ1v) is 10.5. The summed E-state index contributed by atoms with van der Waals surface area (Å²) >= 11 is 0. The van der Waals surface area contributed by atoms with Gasteiger partial charge in [0, 0.05) is 12.6 Å². The van der Waals surface area contributed by atoms with E-state index >= 15 is 0 Å². The van der Waals surface area contributed by atoms with E-state index < -0.39 is 35.2 Å². The molecular formula is C24H29F3N2O2. The van der Waals surface area contributed by atoms with Gasteiger partial charge >= 0.3 is 0 Å². The molecule has 31 heavy (non-hydrogen) atoms. The third kappa shape index (κ3) is 4.92. The van der Waals surface area contributed by atoms with Crippen molar-refractivity contribution >= 4 is 5.91 Å². The van der Waals surface area contributed by atoms with E-state index in [4.69, 9.17) is 0 Å². The summed E-state index contributed by atoms with van der Waals surface area (Å²) in [4.78, 5) is 17.3. The molecule has 168 valence electrons. The van der Waals surface area contributed by atoms with Crippen LogP contribution in [0.2, 0.25) is 0 Å². The van der Waals surface area contributed by atoms with Crippen molar-refractivity contribution < 1.29 is 23.1 Å². The normalized spacial score (nSPS) is 22.8. The van der Waals surface area contributed by atoms with Crippen molar-refractivity contribution in [3.63, 3.8) is 0 Å². The number of carbonyl (C=O) groups excluding carboxylic acids is 1. The molecule has 1 aliphatic rings. The van der Waals surface area contributed by atoms with Crippen molar-refractivity contribution in [3.8, 4) is 0 Å². The molecule has 0 aliphatic heterocycles. The molecule has 1 fully saturated rings. The molecule has 1 aliphatic carbocycles. The van der Waals surface area contributed by atoms with E-state index in [1.807, 2.05) is 26.0 Å². The second kappa shape index (κ2) is 8.61. The SMILES string of the molecule is Cc1ccc(C(C)(F)F)c(C(=O)NC(c2cccc(C)c2C)C2(O)CCC(F)CC2)n1. The molecule has 1 aromatic heterocycles. The Bertz CT molecular complexity index is 964. The van der Waals surface area contributed by atoms with Crippen LogP contribution in [0.4, 0.5) is 13.2 Å². The second-order valence-corrected chi connectivity index (χ2v) is 8.71. The summed E-state index contributed by atoms with van der Waals surface area (Å²) in [5.41, 5.74) is 0.718. The predicted molar refractivity (Wildman–Crippen MR) is 113 cm³/mol. The Kier molecular flexibility index (Phi) is 6.46. The lowest BCUT2D eigenvalue weighted by Crippen LogP contribution is -2.49. The smallest absolute Gasteiger partial charge is 0.272 e. The van der Waals surface area contributed by atoms with Gasteiger partial charge in [-0.05, 0) is 75.3 Å². The number of hydrogen-bond acceptors (Lipinski definition) is 3. The van der Waals surface area contributed by atoms with E-state index in [-0.39, 0.29) is 31.4 Å². The second-order valence-electron chi connectivity index (χ2n) is 8.71. The third-order valence-corrected chi connectivity index (χ3v) is 6.27. The summed E-state index contributed by atoms with van der Waals surface area (Å²) in [7, 11) is 0. The van der Waals surface area contributed by atoms with Gasteiger partial charge < -0.3 is 10.4 Å². The van der Waals surface area contributed by atoms with Crippen LogP contribution in [0, 0.1) is 20.8 Å². The Hall–Kier alpha value is -2.41. The molecule has 4 nitrogen and oxygen atoms in total. The zero-order valence-electron chi connectivity index (χ0n) is 18.3. The lowest BCUT2D eigenvalue weighted by molar-refractivity contribution is -0.0448. The van der Waals surface area contributed by atoms with Crippen LogP contribution in [-0.4, -0.2) is 27.8 Å². The number of hydrogen-bond donors (Lipinski definition) is 2. The summed E-state index contributed by atoms with van der Waals surface area (Å²) in [6.45, 7) is 6.13. The summed E-state index contributed by atoms with van der Waals surface area (Å²) < 4.78 is 42.1. The summed E-state index contributed by atoms with van der Waals surface area (Å²) in [5.74, 6) is -4.05. The van der Waals surface area contributed by atoms with Crippen LogP contribution < -0.4 is 5.32 Å². The first-order valence-electron chi connectivity index (χ1n) is 10.5. The molecule has 1 aromatic carbocycles. The maximum Gasteiger partial charge on any atom is 0.272 e. The van der Waals surface area contributed by atoms with Crippen LogP contribution in [0.3, 0.4) is 0 Å². The molecular weight excluding hydrogens is 405 g/mol. The van der Waals surface area contributed by atoms with E-state index in [0.29, 0.717) is 18.2 Å². The van der Waals surface area contributed by atoms with Gasteiger partial charge in [0.25, 0.3) is 11.8 Å². The number of aryl methyl sites for hydroxylation is 2. The highest BCUT2D eigenvalue weighted by molar-refractivity contribution is 5.94. The maximum atomic E-state index is 14.1. The Balaban J connectivity index is 2.05. The molecule has 0 bridgehead atoms. The van der Waals surface area contributed by atoms with Gasteiger partial charge in [-0.15, -0.1) is 0 Å². The lowest BCUT2D eigenvalue weighted by atomic mass is 9.75. The minimum atomic E-state index is -3.26. The molecule has 1 unspecified atom stereocenters. The van der Waals surface area contributed by atoms with E-state index in [1.54, 1.807) is 13.0 Å². The molecule has 1 amide bonds. The maximum absolute atomic E-state index is 14.1. The van der Waals surface area contributed by atoms with Gasteiger partial charge in [-0.3, -0.25) is 4.79 Å². The molecule has 2 aromatic rings. The van der Waals surface area contributed by atoms with Gasteiger partial charge in [-0.1, -0.05) is 18.2 Å². The van der Waals surface area contributed by atoms with Crippen LogP contribution in [0.1, 0.15) is 77.1 Å². The molecule has 1 atom stereocenters. The molecule has 1 heterocycles. The fraction of sp³-hybridized carbons (Fsp3) is 0.500. The monoisotopic (exact) mass is 434 g/mol. The van der Waals surface area contributed by atoms with Crippen LogP contribution in [0.15, 0.2) is 30.3 Å². The Labute approximate surface area is 180 Å². The van der Waals surface area contributed by atoms with Crippen LogP contribution in [0.25, 0.3) is 0 Å². The summed E-state index contributed by atoms with van der Waals surface area (Å²) in [6.07, 6.45) is -0.336. The zero-order valence-corrected chi connectivity index (χ0v) is 18.3. The van der Waals surface area contributed by atoms with Crippen molar-refractivity contribution in [2.24, 2.45) is 0 Å². The minimum absolute atomic E-state index is 0.157. The van der Waals surface area contributed by atoms with E-state index in [2.05, 4.69) is 10.3 Å². The van der Waals surface area contributed by atoms with Crippen molar-refractivity contribution in [1.29, 1.82) is 0 Å². The standard InChI is InChI=1S/C24H29F3N2O2/c1-14-6-5-7-18(16(14)3)21(24(31)12-10-17(25)11-13-24)29-22(30)20-19(23(4,26)27)9-8-15(2)28-20/h5-9,17,21,31H,10-13H2,1-4H3,(H,29,30). The first-order chi connectivity index (χ1) is 14.4. The van der Waals surface area contributed by atoms with E-state index in [0.717, 1.165) is 11.1 Å². The summed E-state index contributed by atoms with van der Waals surface area (Å²) in [5, 5.41) is 14.2. The number of aliphatic hydroxyl groups is 1. The number of alkyl halides is 3. The number of carbonyl (C=O) groups is 1. The first kappa shape index (κ1) is 23.3. The topological polar surface area (TPSA) is 62.2 Å². The molecule has 1 saturated carbocycles. The highest BCUT2D eigenvalue weighted by Gasteiger charge is 2.43. The van der Waals surface area contributed by atoms with Crippen molar-refractivity contribution in [2.75, 3.05) is 0 Å². The molecule has 0 saturated heterocycles. The quantitative estimate of drug-likeness (QED) is 0.677. The number of halogens is 3. The number of benzene rings is 1. The number of rotatable bonds is 5. The Morgan fingerprint density at radius 1 is 1.19 bits per heavy atom. The van der Waals surface area contributed by atoms with Crippen LogP contribution in [0.5, 0.6) is 0 Å². The van der Waals surface area contributed by atoms with Crippen molar-refractivity contribution in [3.05, 3.63) is 64.0 Å². The number of nitrogens with one attached hydrogen (secondary N) is 1. The average Bonchev–Trinajstić information content (AvgIpc) is 2.69. The highest BCUT2D eigenvalue weighted by Crippen LogP contribution is 2.41. The van der Waals surface area contributed by atoms with Crippen LogP contribution >= 0.6 is 0 Å². The fourth-order valence-corrected chi connectivity index (χ4v) is 4.24. The largest absolute Gasteiger partial charge is 0.387 e. The van der Waals surface area contributed by atoms with E-state index in [9.17, 15) is 23.1 Å². The zero-order chi connectivity index (χ0) is 23.0. The van der Waals surface area contributed by atoms with Crippen molar-refractivity contribution in [1.82, 2.24) is 10.3 Å². The van der Waals surface area contributed by atoms with Gasteiger partial charge in [0.1, 0.15) is 11.9 Å². The van der Waals surface area contributed by atoms with Gasteiger partial charge in [-0.25, -0.2) is 18.2 Å². The van der Waals surface area contributed by atoms with E-state index in [1.165, 1.54) is 12.1 Å². The predicted octanol–water partition coefficient (Wildman–Crippen LogP) is 5.23. The minimum Gasteiger partial charge on any atom is -0.387 e. The number of nitrogens with zero attached hydrogens (tertiary/aromatic N) is 1. The molecule has 3 rings (SSSR count). The highest BCUT2D eigenvalue weighted by atomic mass is 19.3. The molecule has 7 heteroatoms. The van der Waals surface area contributed by atoms with Crippen LogP contribution in [-0.2, 0) is 5.92 Å². The number of amides is 1. The van der Waals surface area contributed by atoms with Crippen molar-refractivity contribution in [2.45, 2.75) is 77.1 Å². The number of aromatic nitrogens is 1. The van der Waals surface area contributed by atoms with Gasteiger partial charge in [0.2, 0.25) is 0 Å². The molecule has 0 spiro atoms. The van der Waals surface area contributed by atoms with Gasteiger partial charge in [0.15, 0.2) is 0 Å².